The summed E-state index contributed by atoms with van der Waals surface area (Å²) in [6, 6.07) is 0. The Morgan fingerprint density at radius 2 is 0.767 bits per heavy atom. The summed E-state index contributed by atoms with van der Waals surface area (Å²) in [7, 11) is 0. The van der Waals surface area contributed by atoms with Crippen molar-refractivity contribution in [1.82, 2.24) is 9.80 Å². The summed E-state index contributed by atoms with van der Waals surface area (Å²) >= 11 is 0. The normalized spacial score (nSPS) is 22.4. The fraction of sp³-hybridized carbons (Fsp3) is 1.00. The summed E-state index contributed by atoms with van der Waals surface area (Å²) in [5.41, 5.74) is 0. The summed E-state index contributed by atoms with van der Waals surface area (Å²) in [5, 5.41) is 0. The molecule has 0 aromatic heterocycles. The Kier molecular flexibility index (Phi) is 12.2. The molecule has 4 heteroatoms. The molecule has 0 N–H and O–H groups in total. The van der Waals surface area contributed by atoms with Gasteiger partial charge in [-0.2, -0.15) is 0 Å². The predicted molar refractivity (Wildman–Crippen MR) is 132 cm³/mol. The van der Waals surface area contributed by atoms with Crippen LogP contribution in [0.15, 0.2) is 0 Å². The molecule has 2 fully saturated rings. The molecule has 0 radical (unpaired) electrons. The van der Waals surface area contributed by atoms with Crippen molar-refractivity contribution in [3.63, 3.8) is 0 Å². The lowest BCUT2D eigenvalue weighted by atomic mass is 10.1. The summed E-state index contributed by atoms with van der Waals surface area (Å²) in [5.74, 6) is 0. The standard InChI is InChI=1S/C26H56N4/c1-5-27-17-23-29(7-3,24-18-27)21-15-13-11-9-10-12-14-16-22-30(8-4)25-19-28(6-2)20-26-30/h5-26H2,1-4H3/q+2. The fourth-order valence-electron chi connectivity index (χ4n) is 5.84. The minimum Gasteiger partial charge on any atom is -0.322 e. The van der Waals surface area contributed by atoms with Gasteiger partial charge in [-0.1, -0.05) is 39.5 Å². The SMILES string of the molecule is CCN1CC[N+](CC)(CCCCCCCCCC[N+]2(CC)CCN(CC)CC2)CC1. The molecule has 0 amide bonds. The first-order valence-corrected chi connectivity index (χ1v) is 13.8. The second kappa shape index (κ2) is 14.1. The molecule has 0 saturated carbocycles. The number of rotatable bonds is 15. The molecule has 2 aliphatic rings. The van der Waals surface area contributed by atoms with E-state index in [4.69, 9.17) is 0 Å². The Balaban J connectivity index is 1.45. The fourth-order valence-corrected chi connectivity index (χ4v) is 5.84. The lowest BCUT2D eigenvalue weighted by Gasteiger charge is -2.44. The van der Waals surface area contributed by atoms with Crippen LogP contribution in [-0.2, 0) is 0 Å². The number of likely N-dealkylation sites (N-methyl/N-ethyl adjacent to an activating group) is 4. The van der Waals surface area contributed by atoms with E-state index in [1.807, 2.05) is 0 Å². The van der Waals surface area contributed by atoms with E-state index in [1.54, 1.807) is 0 Å². The molecule has 178 valence electrons. The zero-order chi connectivity index (χ0) is 21.7. The maximum absolute atomic E-state index is 2.63. The molecule has 0 atom stereocenters. The summed E-state index contributed by atoms with van der Waals surface area (Å²) in [6.45, 7) is 28.3. The third kappa shape index (κ3) is 8.41. The minimum atomic E-state index is 1.24. The molecule has 2 rings (SSSR count). The molecule has 0 unspecified atom stereocenters. The Morgan fingerprint density at radius 3 is 1.03 bits per heavy atom. The van der Waals surface area contributed by atoms with E-state index in [0.29, 0.717) is 0 Å². The van der Waals surface area contributed by atoms with Crippen molar-refractivity contribution in [1.29, 1.82) is 0 Å². The molecule has 2 saturated heterocycles. The smallest absolute Gasteiger partial charge is 0.0916 e. The van der Waals surface area contributed by atoms with Crippen molar-refractivity contribution in [3.05, 3.63) is 0 Å². The predicted octanol–water partition coefficient (Wildman–Crippen LogP) is 4.45. The highest BCUT2D eigenvalue weighted by atomic mass is 15.4. The second-order valence-corrected chi connectivity index (χ2v) is 10.4. The number of piperazine rings is 2. The van der Waals surface area contributed by atoms with Crippen LogP contribution < -0.4 is 0 Å². The first-order chi connectivity index (χ1) is 14.6. The Morgan fingerprint density at radius 1 is 0.467 bits per heavy atom. The van der Waals surface area contributed by atoms with Gasteiger partial charge in [0.2, 0.25) is 0 Å². The molecule has 0 spiro atoms. The molecule has 4 nitrogen and oxygen atoms in total. The monoisotopic (exact) mass is 424 g/mol. The van der Waals surface area contributed by atoms with Gasteiger partial charge in [0.15, 0.2) is 0 Å². The number of nitrogens with zero attached hydrogens (tertiary/aromatic N) is 4. The van der Waals surface area contributed by atoms with Gasteiger partial charge in [0, 0.05) is 26.2 Å². The van der Waals surface area contributed by atoms with Gasteiger partial charge in [-0.15, -0.1) is 0 Å². The van der Waals surface area contributed by atoms with Crippen LogP contribution in [-0.4, -0.2) is 110 Å². The van der Waals surface area contributed by atoms with Crippen molar-refractivity contribution in [2.75, 3.05) is 91.6 Å². The van der Waals surface area contributed by atoms with Gasteiger partial charge in [0.25, 0.3) is 0 Å². The highest BCUT2D eigenvalue weighted by molar-refractivity contribution is 4.64. The number of unbranched alkanes of at least 4 members (excludes halogenated alkanes) is 7. The van der Waals surface area contributed by atoms with Gasteiger partial charge in [0.05, 0.1) is 52.4 Å². The van der Waals surface area contributed by atoms with E-state index in [9.17, 15) is 0 Å². The molecule has 0 aromatic carbocycles. The van der Waals surface area contributed by atoms with E-state index in [-0.39, 0.29) is 0 Å². The van der Waals surface area contributed by atoms with Crippen LogP contribution >= 0.6 is 0 Å². The largest absolute Gasteiger partial charge is 0.322 e. The van der Waals surface area contributed by atoms with Gasteiger partial charge in [-0.3, -0.25) is 9.80 Å². The van der Waals surface area contributed by atoms with E-state index in [2.05, 4.69) is 37.5 Å². The van der Waals surface area contributed by atoms with Crippen LogP contribution in [0.2, 0.25) is 0 Å². The van der Waals surface area contributed by atoms with Crippen LogP contribution in [0.25, 0.3) is 0 Å². The third-order valence-electron chi connectivity index (χ3n) is 8.81. The van der Waals surface area contributed by atoms with Crippen LogP contribution in [0.1, 0.15) is 79.1 Å². The first kappa shape index (κ1) is 26.1. The molecule has 30 heavy (non-hydrogen) atoms. The molecular weight excluding hydrogens is 368 g/mol. The Hall–Kier alpha value is -0.160. The lowest BCUT2D eigenvalue weighted by Crippen LogP contribution is -2.59. The molecule has 2 heterocycles. The quantitative estimate of drug-likeness (QED) is 0.283. The molecular formula is C26H56N4+2. The van der Waals surface area contributed by atoms with Crippen molar-refractivity contribution in [2.24, 2.45) is 0 Å². The molecule has 2 aliphatic heterocycles. The minimum absolute atomic E-state index is 1.24. The Bertz CT molecular complexity index is 383. The van der Waals surface area contributed by atoms with Crippen molar-refractivity contribution in [3.8, 4) is 0 Å². The second-order valence-electron chi connectivity index (χ2n) is 10.4. The first-order valence-electron chi connectivity index (χ1n) is 13.8. The molecule has 0 bridgehead atoms. The average molecular weight is 425 g/mol. The van der Waals surface area contributed by atoms with E-state index >= 15 is 0 Å². The molecule has 0 aromatic rings. The van der Waals surface area contributed by atoms with Gasteiger partial charge >= 0.3 is 0 Å². The summed E-state index contributed by atoms with van der Waals surface area (Å²) in [6.07, 6.45) is 11.7. The average Bonchev–Trinajstić information content (AvgIpc) is 2.81. The zero-order valence-electron chi connectivity index (χ0n) is 21.3. The zero-order valence-corrected chi connectivity index (χ0v) is 21.3. The van der Waals surface area contributed by atoms with E-state index in [1.165, 1.54) is 152 Å². The van der Waals surface area contributed by atoms with Gasteiger partial charge in [0.1, 0.15) is 0 Å². The van der Waals surface area contributed by atoms with Crippen LogP contribution in [0.4, 0.5) is 0 Å². The van der Waals surface area contributed by atoms with Gasteiger partial charge in [-0.25, -0.2) is 0 Å². The van der Waals surface area contributed by atoms with Crippen LogP contribution in [0.5, 0.6) is 0 Å². The summed E-state index contributed by atoms with van der Waals surface area (Å²) < 4.78 is 2.79. The lowest BCUT2D eigenvalue weighted by molar-refractivity contribution is -0.930. The summed E-state index contributed by atoms with van der Waals surface area (Å²) in [4.78, 5) is 5.25. The highest BCUT2D eigenvalue weighted by Crippen LogP contribution is 2.18. The maximum atomic E-state index is 2.63. The van der Waals surface area contributed by atoms with E-state index < -0.39 is 0 Å². The topological polar surface area (TPSA) is 6.48 Å². The van der Waals surface area contributed by atoms with E-state index in [0.717, 1.165) is 0 Å². The van der Waals surface area contributed by atoms with Crippen molar-refractivity contribution < 1.29 is 8.97 Å². The van der Waals surface area contributed by atoms with Crippen LogP contribution in [0, 0.1) is 0 Å². The Labute approximate surface area is 189 Å². The number of hydrogen-bond donors (Lipinski definition) is 0. The molecule has 0 aliphatic carbocycles. The van der Waals surface area contributed by atoms with Gasteiger partial charge < -0.3 is 8.97 Å². The van der Waals surface area contributed by atoms with Gasteiger partial charge in [-0.05, 0) is 52.6 Å². The maximum Gasteiger partial charge on any atom is 0.0916 e. The number of hydrogen-bond acceptors (Lipinski definition) is 2. The van der Waals surface area contributed by atoms with Crippen LogP contribution in [0.3, 0.4) is 0 Å². The van der Waals surface area contributed by atoms with Crippen molar-refractivity contribution >= 4 is 0 Å². The van der Waals surface area contributed by atoms with Crippen molar-refractivity contribution in [2.45, 2.75) is 79.1 Å². The number of quaternary nitrogens is 2. The third-order valence-corrected chi connectivity index (χ3v) is 8.81. The highest BCUT2D eigenvalue weighted by Gasteiger charge is 2.31.